The molecule has 530 valence electrons. The Balaban J connectivity index is 0.000000126. The van der Waals surface area contributed by atoms with Gasteiger partial charge in [0.05, 0.1) is 84.8 Å². The summed E-state index contributed by atoms with van der Waals surface area (Å²) in [6, 6.07) is 22.6. The Hall–Kier alpha value is -12.3. The number of halogens is 1. The fourth-order valence-electron chi connectivity index (χ4n) is 12.4. The monoisotopic (exact) mass is 1400 g/mol. The Morgan fingerprint density at radius 1 is 0.423 bits per heavy atom. The third-order valence-corrected chi connectivity index (χ3v) is 18.3. The first-order valence-corrected chi connectivity index (χ1v) is 35.1. The molecule has 14 heterocycles. The van der Waals surface area contributed by atoms with Crippen molar-refractivity contribution in [2.75, 3.05) is 51.9 Å². The minimum absolute atomic E-state index is 0.0474. The summed E-state index contributed by atoms with van der Waals surface area (Å²) in [5.74, 6) is 1.03. The summed E-state index contributed by atoms with van der Waals surface area (Å²) in [6.45, 7) is 15.9. The SMILES string of the molecule is CC(C)n1nnnc1-c1cccc(NC(=O)c2cc(-c3cnn(C4CC4)c3)c(F)cn2)n1.CC(C)n1nnnc1-c1cccc(NC(=O)c2cc(-c3cnn(C4CC4)c3)c(N3CCCC3)cn2)n1.CC(C)n1nnnc1-c1cccc(NC(=O)c2cc(-c3cnn(C4CC4)c3)c(N3CCCC3)cn2)n1. The number of nitrogens with zero attached hydrogens (tertiary/aromatic N) is 26. The molecule has 0 spiro atoms. The lowest BCUT2D eigenvalue weighted by Crippen LogP contribution is -2.20. The molecule has 104 heavy (non-hydrogen) atoms. The molecule has 33 heteroatoms. The van der Waals surface area contributed by atoms with Crippen LogP contribution in [0.1, 0.15) is 173 Å². The Morgan fingerprint density at radius 2 is 0.740 bits per heavy atom. The lowest BCUT2D eigenvalue weighted by molar-refractivity contribution is 0.101. The van der Waals surface area contributed by atoms with E-state index in [1.807, 2.05) is 117 Å². The summed E-state index contributed by atoms with van der Waals surface area (Å²) < 4.78 is 25.3. The first-order chi connectivity index (χ1) is 50.6. The van der Waals surface area contributed by atoms with Crippen molar-refractivity contribution < 1.29 is 18.8 Å². The van der Waals surface area contributed by atoms with Gasteiger partial charge >= 0.3 is 0 Å². The molecular weight excluding hydrogens is 1330 g/mol. The zero-order valence-corrected chi connectivity index (χ0v) is 58.2. The lowest BCUT2D eigenvalue weighted by Gasteiger charge is -2.21. The third kappa shape index (κ3) is 15.0. The maximum atomic E-state index is 14.4. The van der Waals surface area contributed by atoms with Crippen molar-refractivity contribution in [3.05, 3.63) is 151 Å². The number of hydrogen-bond acceptors (Lipinski definition) is 23. The molecular formula is C71H76FN29O3. The van der Waals surface area contributed by atoms with Gasteiger partial charge in [-0.15, -0.1) is 15.3 Å². The van der Waals surface area contributed by atoms with E-state index in [-0.39, 0.29) is 41.2 Å². The molecule has 0 aromatic carbocycles. The fourth-order valence-corrected chi connectivity index (χ4v) is 12.4. The molecule has 17 rings (SSSR count). The molecule has 0 bridgehead atoms. The highest BCUT2D eigenvalue weighted by molar-refractivity contribution is 6.05. The molecule has 2 aliphatic heterocycles. The lowest BCUT2D eigenvalue weighted by atomic mass is 10.1. The maximum Gasteiger partial charge on any atom is 0.275 e. The van der Waals surface area contributed by atoms with Gasteiger partial charge in [0.1, 0.15) is 57.4 Å². The molecule has 12 aromatic heterocycles. The number of rotatable bonds is 20. The first kappa shape index (κ1) is 67.5. The van der Waals surface area contributed by atoms with Crippen molar-refractivity contribution in [1.29, 1.82) is 0 Å². The van der Waals surface area contributed by atoms with Gasteiger partial charge in [0, 0.05) is 78.2 Å². The fraction of sp³-hybridized carbons (Fsp3) is 0.366. The zero-order valence-electron chi connectivity index (χ0n) is 58.2. The third-order valence-electron chi connectivity index (χ3n) is 18.3. The van der Waals surface area contributed by atoms with Crippen LogP contribution in [0, 0.1) is 5.82 Å². The quantitative estimate of drug-likeness (QED) is 0.0638. The van der Waals surface area contributed by atoms with E-state index in [4.69, 9.17) is 0 Å². The van der Waals surface area contributed by atoms with Crippen LogP contribution in [-0.4, -0.2) is 164 Å². The van der Waals surface area contributed by atoms with E-state index in [2.05, 4.69) is 130 Å². The molecule has 5 aliphatic rings. The average Bonchev–Trinajstić information content (AvgIpc) is 1.55. The molecule has 3 N–H and O–H groups in total. The first-order valence-electron chi connectivity index (χ1n) is 35.1. The second-order valence-corrected chi connectivity index (χ2v) is 27.1. The zero-order chi connectivity index (χ0) is 71.5. The molecule has 5 fully saturated rings. The van der Waals surface area contributed by atoms with Gasteiger partial charge in [0.2, 0.25) is 17.5 Å². The molecule has 3 amide bonds. The van der Waals surface area contributed by atoms with Crippen LogP contribution in [-0.2, 0) is 0 Å². The van der Waals surface area contributed by atoms with Crippen molar-refractivity contribution in [1.82, 2.24) is 120 Å². The van der Waals surface area contributed by atoms with Gasteiger partial charge in [-0.25, -0.2) is 48.3 Å². The topological polar surface area (TPSA) is 355 Å². The summed E-state index contributed by atoms with van der Waals surface area (Å²) >= 11 is 0. The van der Waals surface area contributed by atoms with Crippen molar-refractivity contribution in [2.24, 2.45) is 0 Å². The Morgan fingerprint density at radius 3 is 1.07 bits per heavy atom. The van der Waals surface area contributed by atoms with E-state index >= 15 is 0 Å². The predicted octanol–water partition coefficient (Wildman–Crippen LogP) is 10.8. The highest BCUT2D eigenvalue weighted by atomic mass is 19.1. The van der Waals surface area contributed by atoms with Crippen LogP contribution >= 0.6 is 0 Å². The van der Waals surface area contributed by atoms with Crippen molar-refractivity contribution >= 4 is 46.5 Å². The molecule has 0 atom stereocenters. The molecule has 3 saturated carbocycles. The molecule has 32 nitrogen and oxygen atoms in total. The second-order valence-electron chi connectivity index (χ2n) is 27.1. The molecule has 3 aliphatic carbocycles. The summed E-state index contributed by atoms with van der Waals surface area (Å²) in [4.78, 5) is 70.5. The average molecular weight is 1400 g/mol. The number of carbonyl (C=O) groups excluding carboxylic acids is 3. The number of aromatic nitrogens is 24. The number of pyridine rings is 6. The van der Waals surface area contributed by atoms with Crippen molar-refractivity contribution in [3.63, 3.8) is 0 Å². The normalized spacial score (nSPS) is 14.9. The van der Waals surface area contributed by atoms with E-state index in [9.17, 15) is 18.8 Å². The van der Waals surface area contributed by atoms with Crippen LogP contribution in [0.25, 0.3) is 67.9 Å². The van der Waals surface area contributed by atoms with Crippen LogP contribution in [0.5, 0.6) is 0 Å². The Labute approximate surface area is 596 Å². The highest BCUT2D eigenvalue weighted by Crippen LogP contribution is 2.41. The van der Waals surface area contributed by atoms with Crippen LogP contribution in [0.15, 0.2) is 129 Å². The van der Waals surface area contributed by atoms with Crippen LogP contribution in [0.3, 0.4) is 0 Å². The largest absolute Gasteiger partial charge is 0.370 e. The Bertz CT molecular complexity index is 4870. The molecule has 0 unspecified atom stereocenters. The van der Waals surface area contributed by atoms with E-state index < -0.39 is 11.7 Å². The van der Waals surface area contributed by atoms with Gasteiger partial charge in [-0.2, -0.15) is 15.3 Å². The van der Waals surface area contributed by atoms with Gasteiger partial charge in [0.25, 0.3) is 17.7 Å². The van der Waals surface area contributed by atoms with Gasteiger partial charge in [-0.05, 0) is 192 Å². The van der Waals surface area contributed by atoms with Gasteiger partial charge in [-0.1, -0.05) is 18.2 Å². The van der Waals surface area contributed by atoms with Crippen LogP contribution in [0.4, 0.5) is 33.2 Å². The second kappa shape index (κ2) is 29.3. The number of nitrogens with one attached hydrogen (secondary N) is 3. The summed E-state index contributed by atoms with van der Waals surface area (Å²) in [5.41, 5.74) is 9.31. The molecule has 12 aromatic rings. The summed E-state index contributed by atoms with van der Waals surface area (Å²) in [7, 11) is 0. The summed E-state index contributed by atoms with van der Waals surface area (Å²) in [5, 5.41) is 57.4. The number of tetrazole rings is 3. The van der Waals surface area contributed by atoms with Crippen LogP contribution in [0.2, 0.25) is 0 Å². The van der Waals surface area contributed by atoms with Gasteiger partial charge in [0.15, 0.2) is 0 Å². The van der Waals surface area contributed by atoms with E-state index in [1.165, 1.54) is 31.7 Å². The van der Waals surface area contributed by atoms with Crippen LogP contribution < -0.4 is 25.8 Å². The predicted molar refractivity (Wildman–Crippen MR) is 382 cm³/mol. The minimum atomic E-state index is -0.516. The van der Waals surface area contributed by atoms with Crippen molar-refractivity contribution in [3.8, 4) is 67.9 Å². The van der Waals surface area contributed by atoms with Crippen molar-refractivity contribution in [2.45, 2.75) is 142 Å². The number of hydrogen-bond donors (Lipinski definition) is 3. The van der Waals surface area contributed by atoms with Gasteiger partial charge < -0.3 is 25.8 Å². The minimum Gasteiger partial charge on any atom is -0.370 e. The molecule has 0 radical (unpaired) electrons. The van der Waals surface area contributed by atoms with Gasteiger partial charge in [-0.3, -0.25) is 28.4 Å². The smallest absolute Gasteiger partial charge is 0.275 e. The van der Waals surface area contributed by atoms with E-state index in [0.29, 0.717) is 87.1 Å². The highest BCUT2D eigenvalue weighted by Gasteiger charge is 2.30. The number of carbonyl (C=O) groups is 3. The maximum absolute atomic E-state index is 14.4. The standard InChI is InChI=1S/2C25H28N10O.C21H20FN9O/c2*1-16(2)35-24(30-31-32-35)20-6-5-7-23(28-20)29-25(36)21-12-19(17-13-27-34(15-17)18-8-9-18)22(14-26-21)33-10-3-4-11-33;1-12(2)31-20(27-28-29-31)17-4-3-5-19(25-17)26-21(32)18-8-15(16(22)10-23-18)13-9-24-30(11-13)14-6-7-14/h2*5-7,12-16,18H,3-4,8-11H2,1-2H3,(H,28,29,36);3-5,8-12,14H,6-7H2,1-2H3,(H,25,26,32). The number of anilines is 5. The molecule has 2 saturated heterocycles. The number of amides is 3. The van der Waals surface area contributed by atoms with E-state index in [0.717, 1.165) is 105 Å². The van der Waals surface area contributed by atoms with E-state index in [1.54, 1.807) is 56.8 Å². The summed E-state index contributed by atoms with van der Waals surface area (Å²) in [6.07, 6.45) is 27.4. The Kier molecular flexibility index (Phi) is 19.0.